The van der Waals surface area contributed by atoms with E-state index in [1.807, 2.05) is 6.92 Å². The summed E-state index contributed by atoms with van der Waals surface area (Å²) in [7, 11) is -3.64. The summed E-state index contributed by atoms with van der Waals surface area (Å²) in [6, 6.07) is 4.46. The number of primary amides is 1. The number of halogens is 2. The Labute approximate surface area is 217 Å². The Morgan fingerprint density at radius 1 is 1.19 bits per heavy atom. The van der Waals surface area contributed by atoms with Gasteiger partial charge in [-0.3, -0.25) is 14.5 Å². The van der Waals surface area contributed by atoms with Crippen LogP contribution in [0.2, 0.25) is 0 Å². The number of alkyl halides is 2. The number of likely N-dealkylation sites (N-methyl/N-ethyl adjacent to an activating group) is 1. The second kappa shape index (κ2) is 10.5. The first kappa shape index (κ1) is 27.8. The van der Waals surface area contributed by atoms with Crippen molar-refractivity contribution in [3.05, 3.63) is 29.3 Å². The summed E-state index contributed by atoms with van der Waals surface area (Å²) in [4.78, 5) is 29.5. The first-order valence-electron chi connectivity index (χ1n) is 13.0. The molecule has 1 aliphatic carbocycles. The van der Waals surface area contributed by atoms with E-state index in [-0.39, 0.29) is 67.5 Å². The molecular formula is C26H37F2N3O5S. The van der Waals surface area contributed by atoms with Crippen LogP contribution in [0.15, 0.2) is 18.2 Å². The molecule has 1 aromatic carbocycles. The highest BCUT2D eigenvalue weighted by Crippen LogP contribution is 2.48. The van der Waals surface area contributed by atoms with E-state index in [0.717, 1.165) is 25.6 Å². The quantitative estimate of drug-likeness (QED) is 0.522. The van der Waals surface area contributed by atoms with Crippen molar-refractivity contribution in [2.24, 2.45) is 11.7 Å². The molecule has 4 atom stereocenters. The van der Waals surface area contributed by atoms with Crippen molar-refractivity contribution < 1.29 is 31.9 Å². The summed E-state index contributed by atoms with van der Waals surface area (Å²) in [5.74, 6) is -5.47. The number of benzene rings is 1. The van der Waals surface area contributed by atoms with Crippen LogP contribution in [0.1, 0.15) is 73.7 Å². The maximum atomic E-state index is 13.9. The topological polar surface area (TPSA) is 121 Å². The minimum atomic E-state index is -3.64. The van der Waals surface area contributed by atoms with Gasteiger partial charge in [0.2, 0.25) is 11.8 Å². The van der Waals surface area contributed by atoms with E-state index in [4.69, 9.17) is 5.73 Å². The van der Waals surface area contributed by atoms with Crippen molar-refractivity contribution in [1.29, 1.82) is 0 Å². The van der Waals surface area contributed by atoms with Gasteiger partial charge < -0.3 is 15.7 Å². The highest BCUT2D eigenvalue weighted by Gasteiger charge is 2.51. The van der Waals surface area contributed by atoms with Crippen LogP contribution in [0.3, 0.4) is 0 Å². The van der Waals surface area contributed by atoms with Gasteiger partial charge in [0.1, 0.15) is 11.5 Å². The molecule has 3 fully saturated rings. The smallest absolute Gasteiger partial charge is 0.252 e. The maximum Gasteiger partial charge on any atom is 0.252 e. The van der Waals surface area contributed by atoms with Crippen molar-refractivity contribution in [2.75, 3.05) is 25.1 Å². The average Bonchev–Trinajstić information content (AvgIpc) is 3.10. The van der Waals surface area contributed by atoms with E-state index < -0.39 is 39.4 Å². The monoisotopic (exact) mass is 541 g/mol. The van der Waals surface area contributed by atoms with Crippen LogP contribution in [0, 0.1) is 5.92 Å². The molecule has 0 radical (unpaired) electrons. The Balaban J connectivity index is 1.77. The van der Waals surface area contributed by atoms with Gasteiger partial charge in [-0.25, -0.2) is 17.2 Å². The van der Waals surface area contributed by atoms with Crippen LogP contribution in [-0.4, -0.2) is 84.3 Å². The lowest BCUT2D eigenvalue weighted by atomic mass is 9.78. The van der Waals surface area contributed by atoms with Gasteiger partial charge in [0, 0.05) is 43.6 Å². The van der Waals surface area contributed by atoms with Crippen molar-refractivity contribution in [3.63, 3.8) is 0 Å². The molecule has 8 nitrogen and oxygen atoms in total. The number of sulfone groups is 1. The Kier molecular flexibility index (Phi) is 7.86. The minimum absolute atomic E-state index is 0.00922. The summed E-state index contributed by atoms with van der Waals surface area (Å²) in [6.07, 6.45) is 3.29. The summed E-state index contributed by atoms with van der Waals surface area (Å²) in [6.45, 7) is 2.97. The number of carbonyl (C=O) groups is 2. The number of hydrogen-bond donors (Lipinski definition) is 2. The Hall–Kier alpha value is -2.27. The molecule has 0 spiro atoms. The molecule has 3 aliphatic rings. The molecule has 1 saturated carbocycles. The lowest BCUT2D eigenvalue weighted by Crippen LogP contribution is -2.60. The zero-order valence-corrected chi connectivity index (χ0v) is 22.2. The highest BCUT2D eigenvalue weighted by molar-refractivity contribution is 7.91. The van der Waals surface area contributed by atoms with Gasteiger partial charge in [-0.05, 0) is 56.2 Å². The number of nitrogens with two attached hydrogens (primary N) is 1. The Bertz CT molecular complexity index is 1140. The molecule has 11 heteroatoms. The van der Waals surface area contributed by atoms with Gasteiger partial charge in [-0.15, -0.1) is 0 Å². The molecule has 2 saturated heterocycles. The molecule has 3 N–H and O–H groups in total. The number of amides is 2. The van der Waals surface area contributed by atoms with E-state index in [2.05, 4.69) is 4.90 Å². The van der Waals surface area contributed by atoms with Gasteiger partial charge in [0.05, 0.1) is 11.6 Å². The second-order valence-electron chi connectivity index (χ2n) is 11.0. The van der Waals surface area contributed by atoms with Crippen LogP contribution in [0.4, 0.5) is 8.78 Å². The van der Waals surface area contributed by atoms with E-state index in [1.54, 1.807) is 17.0 Å². The maximum absolute atomic E-state index is 13.9. The van der Waals surface area contributed by atoms with Gasteiger partial charge in [0.15, 0.2) is 9.84 Å². The van der Waals surface area contributed by atoms with E-state index >= 15 is 0 Å². The van der Waals surface area contributed by atoms with E-state index in [9.17, 15) is 31.9 Å². The third-order valence-electron chi connectivity index (χ3n) is 8.48. The molecule has 2 amide bonds. The molecule has 2 unspecified atom stereocenters. The molecule has 2 bridgehead atoms. The average molecular weight is 542 g/mol. The third kappa shape index (κ3) is 5.92. The number of phenols is 1. The van der Waals surface area contributed by atoms with Crippen molar-refractivity contribution in [3.8, 4) is 5.75 Å². The molecule has 2 aliphatic heterocycles. The second-order valence-corrected chi connectivity index (χ2v) is 13.1. The Morgan fingerprint density at radius 3 is 2.46 bits per heavy atom. The number of fused-ring (bicyclic) bond motifs is 2. The van der Waals surface area contributed by atoms with Crippen LogP contribution in [0.25, 0.3) is 0 Å². The van der Waals surface area contributed by atoms with Crippen molar-refractivity contribution in [1.82, 2.24) is 9.80 Å². The zero-order valence-electron chi connectivity index (χ0n) is 21.4. The van der Waals surface area contributed by atoms with Crippen LogP contribution >= 0.6 is 0 Å². The fourth-order valence-corrected chi connectivity index (χ4v) is 7.45. The molecule has 1 aromatic rings. The van der Waals surface area contributed by atoms with Crippen LogP contribution in [0.5, 0.6) is 5.75 Å². The first-order chi connectivity index (χ1) is 17.3. The number of carbonyl (C=O) groups excluding carboxylic acids is 2. The number of nitrogens with zero attached hydrogens (tertiary/aromatic N) is 2. The van der Waals surface area contributed by atoms with E-state index in [0.29, 0.717) is 12.0 Å². The summed E-state index contributed by atoms with van der Waals surface area (Å²) in [5.41, 5.74) is 5.97. The standard InChI is InChI=1S/C26H37F2N3O5S/c1-3-30-17-7-8-21(30)23(20(13-17)18-5-4-6-19(24(18)33)25(29)34)31(22(32)15-37(2,35)36)14-16-9-11-26(27,28)12-10-16/h4-6,16-17,20-21,23,33H,3,7-15H2,1-2H3,(H2,29,34)/t17-,20?,21-,23?/m0/s1. The summed E-state index contributed by atoms with van der Waals surface area (Å²) < 4.78 is 52.1. The predicted molar refractivity (Wildman–Crippen MR) is 135 cm³/mol. The molecular weight excluding hydrogens is 504 g/mol. The normalized spacial score (nSPS) is 28.2. The molecule has 2 heterocycles. The first-order valence-corrected chi connectivity index (χ1v) is 15.1. The minimum Gasteiger partial charge on any atom is -0.507 e. The third-order valence-corrected chi connectivity index (χ3v) is 9.25. The Morgan fingerprint density at radius 2 is 1.86 bits per heavy atom. The number of para-hydroxylation sites is 1. The molecule has 4 rings (SSSR count). The fourth-order valence-electron chi connectivity index (χ4n) is 6.83. The zero-order chi connectivity index (χ0) is 27.1. The predicted octanol–water partition coefficient (Wildman–Crippen LogP) is 2.90. The lowest BCUT2D eigenvalue weighted by Gasteiger charge is -2.50. The molecule has 206 valence electrons. The molecule has 0 aromatic heterocycles. The molecule has 37 heavy (non-hydrogen) atoms. The summed E-state index contributed by atoms with van der Waals surface area (Å²) in [5, 5.41) is 11.0. The van der Waals surface area contributed by atoms with Crippen molar-refractivity contribution in [2.45, 2.75) is 81.8 Å². The van der Waals surface area contributed by atoms with Crippen molar-refractivity contribution >= 4 is 21.7 Å². The largest absolute Gasteiger partial charge is 0.507 e. The highest BCUT2D eigenvalue weighted by atomic mass is 32.2. The van der Waals surface area contributed by atoms with Gasteiger partial charge >= 0.3 is 0 Å². The van der Waals surface area contributed by atoms with Gasteiger partial charge in [-0.2, -0.15) is 0 Å². The van der Waals surface area contributed by atoms with Gasteiger partial charge in [0.25, 0.3) is 5.91 Å². The van der Waals surface area contributed by atoms with Gasteiger partial charge in [-0.1, -0.05) is 19.1 Å². The number of rotatable bonds is 8. The van der Waals surface area contributed by atoms with Crippen LogP contribution < -0.4 is 5.73 Å². The number of aromatic hydroxyl groups is 1. The lowest BCUT2D eigenvalue weighted by molar-refractivity contribution is -0.136. The SMILES string of the molecule is CCN1[C@H]2CC[C@H]1C(N(CC1CCC(F)(F)CC1)C(=O)CS(C)(=O)=O)C(c1cccc(C(N)=O)c1O)C2. The number of hydrogen-bond acceptors (Lipinski definition) is 6. The summed E-state index contributed by atoms with van der Waals surface area (Å²) >= 11 is 0. The van der Waals surface area contributed by atoms with E-state index in [1.165, 1.54) is 6.07 Å². The number of piperidine rings is 1. The van der Waals surface area contributed by atoms with Crippen LogP contribution in [-0.2, 0) is 14.6 Å². The fraction of sp³-hybridized carbons (Fsp3) is 0.692.